The van der Waals surface area contributed by atoms with E-state index in [1.54, 1.807) is 6.92 Å². The first-order valence-corrected chi connectivity index (χ1v) is 6.04. The number of aliphatic hydroxyl groups excluding tert-OH is 2. The molecule has 0 fully saturated rings. The first-order valence-electron chi connectivity index (χ1n) is 6.04. The molecule has 3 unspecified atom stereocenters. The number of aliphatic hydroxyl groups is 2. The van der Waals surface area contributed by atoms with E-state index in [4.69, 9.17) is 19.7 Å². The second kappa shape index (κ2) is 14.0. The number of ether oxygens (including phenoxy) is 5. The quantitative estimate of drug-likeness (QED) is 0.363. The molecule has 1 radical (unpaired) electrons. The first-order chi connectivity index (χ1) is 9.88. The molecule has 0 heterocycles. The van der Waals surface area contributed by atoms with Crippen molar-refractivity contribution in [2.75, 3.05) is 26.8 Å². The molecule has 22 heavy (non-hydrogen) atoms. The standard InChI is InChI=1S/C11H20F3O7.Y/c1-3-18-5-10(20-7-16)21-8(11(12,13)14)4-9(17-2)19-6-15;/h8-10,15-16H,2-7H2,1H3;/q-1;. The van der Waals surface area contributed by atoms with Crippen molar-refractivity contribution in [3.8, 4) is 0 Å². The molecule has 0 aromatic carbocycles. The van der Waals surface area contributed by atoms with Gasteiger partial charge in [-0.2, -0.15) is 13.2 Å². The first kappa shape index (κ1) is 24.9. The maximum absolute atomic E-state index is 12.9. The SMILES string of the molecule is [CH2-]OC(CC(OC(COCC)OCO)C(F)(F)F)OCO.[Y]. The van der Waals surface area contributed by atoms with E-state index in [-0.39, 0.29) is 45.9 Å². The van der Waals surface area contributed by atoms with Crippen molar-refractivity contribution in [2.24, 2.45) is 0 Å². The number of hydrogen-bond acceptors (Lipinski definition) is 7. The van der Waals surface area contributed by atoms with Crippen molar-refractivity contribution < 1.29 is 79.8 Å². The average molecular weight is 410 g/mol. The predicted molar refractivity (Wildman–Crippen MR) is 62.4 cm³/mol. The van der Waals surface area contributed by atoms with Gasteiger partial charge in [0.25, 0.3) is 0 Å². The molecular formula is C11H20F3O7Y-. The van der Waals surface area contributed by atoms with Crippen molar-refractivity contribution in [2.45, 2.75) is 38.2 Å². The van der Waals surface area contributed by atoms with Gasteiger partial charge >= 0.3 is 6.18 Å². The third-order valence-corrected chi connectivity index (χ3v) is 2.25. The summed E-state index contributed by atoms with van der Waals surface area (Å²) in [5.74, 6) is 0. The van der Waals surface area contributed by atoms with Crippen LogP contribution >= 0.6 is 0 Å². The molecule has 7 nitrogen and oxygen atoms in total. The number of halogens is 3. The molecule has 0 aliphatic carbocycles. The third kappa shape index (κ3) is 11.2. The van der Waals surface area contributed by atoms with Crippen molar-refractivity contribution in [1.29, 1.82) is 0 Å². The summed E-state index contributed by atoms with van der Waals surface area (Å²) in [6.07, 6.45) is -10.7. The monoisotopic (exact) mass is 410 g/mol. The van der Waals surface area contributed by atoms with Gasteiger partial charge in [-0.05, 0) is 6.92 Å². The van der Waals surface area contributed by atoms with Gasteiger partial charge in [-0.1, -0.05) is 0 Å². The zero-order chi connectivity index (χ0) is 16.3. The number of hydrogen-bond donors (Lipinski definition) is 2. The van der Waals surface area contributed by atoms with Crippen LogP contribution in [-0.2, 0) is 56.4 Å². The summed E-state index contributed by atoms with van der Waals surface area (Å²) in [6, 6.07) is 0. The Kier molecular flexibility index (Phi) is 15.8. The van der Waals surface area contributed by atoms with Crippen LogP contribution in [0.5, 0.6) is 0 Å². The Morgan fingerprint density at radius 1 is 1.09 bits per heavy atom. The minimum atomic E-state index is -4.74. The van der Waals surface area contributed by atoms with Crippen LogP contribution in [0.4, 0.5) is 13.2 Å². The van der Waals surface area contributed by atoms with Gasteiger partial charge in [0.1, 0.15) is 19.9 Å². The van der Waals surface area contributed by atoms with Crippen LogP contribution in [0.1, 0.15) is 13.3 Å². The molecule has 0 aliphatic heterocycles. The molecule has 131 valence electrons. The van der Waals surface area contributed by atoms with Crippen LogP contribution < -0.4 is 0 Å². The largest absolute Gasteiger partial charge is 0.533 e. The third-order valence-electron chi connectivity index (χ3n) is 2.25. The van der Waals surface area contributed by atoms with Gasteiger partial charge in [-0.3, -0.25) is 0 Å². The maximum atomic E-state index is 12.9. The predicted octanol–water partition coefficient (Wildman–Crippen LogP) is 0.751. The van der Waals surface area contributed by atoms with E-state index in [0.29, 0.717) is 0 Å². The van der Waals surface area contributed by atoms with E-state index >= 15 is 0 Å². The number of alkyl halides is 3. The molecule has 11 heteroatoms. The Labute approximate surface area is 151 Å². The summed E-state index contributed by atoms with van der Waals surface area (Å²) in [5, 5.41) is 17.2. The summed E-state index contributed by atoms with van der Waals surface area (Å²) in [5.41, 5.74) is 0. The molecule has 2 N–H and O–H groups in total. The summed E-state index contributed by atoms with van der Waals surface area (Å²) >= 11 is 0. The van der Waals surface area contributed by atoms with Crippen LogP contribution in [0.15, 0.2) is 0 Å². The van der Waals surface area contributed by atoms with Crippen molar-refractivity contribution in [3.05, 3.63) is 7.11 Å². The summed E-state index contributed by atoms with van der Waals surface area (Å²) in [4.78, 5) is 0. The van der Waals surface area contributed by atoms with Crippen LogP contribution in [0.2, 0.25) is 0 Å². The number of rotatable bonds is 12. The molecule has 0 rings (SSSR count). The molecule has 0 aromatic heterocycles. The molecule has 0 saturated carbocycles. The van der Waals surface area contributed by atoms with Crippen molar-refractivity contribution >= 4 is 0 Å². The van der Waals surface area contributed by atoms with Crippen LogP contribution in [0, 0.1) is 7.11 Å². The van der Waals surface area contributed by atoms with Gasteiger partial charge < -0.3 is 33.9 Å². The molecule has 0 bridgehead atoms. The minimum absolute atomic E-state index is 0. The molecular weight excluding hydrogens is 390 g/mol. The molecule has 0 amide bonds. The van der Waals surface area contributed by atoms with Gasteiger partial charge in [0.05, 0.1) is 6.61 Å². The molecule has 0 spiro atoms. The van der Waals surface area contributed by atoms with Gasteiger partial charge in [0, 0.05) is 45.7 Å². The smallest absolute Gasteiger partial charge is 0.414 e. The van der Waals surface area contributed by atoms with Gasteiger partial charge in [-0.25, -0.2) is 7.11 Å². The van der Waals surface area contributed by atoms with Gasteiger partial charge in [-0.15, -0.1) is 0 Å². The fourth-order valence-electron chi connectivity index (χ4n) is 1.32. The Morgan fingerprint density at radius 2 is 1.64 bits per heavy atom. The van der Waals surface area contributed by atoms with Crippen LogP contribution in [0.3, 0.4) is 0 Å². The molecule has 0 aliphatic rings. The normalized spacial score (nSPS) is 16.0. The van der Waals surface area contributed by atoms with E-state index in [1.807, 2.05) is 0 Å². The summed E-state index contributed by atoms with van der Waals surface area (Å²) in [7, 11) is 2.95. The van der Waals surface area contributed by atoms with Gasteiger partial charge in [0.2, 0.25) is 0 Å². The second-order valence-electron chi connectivity index (χ2n) is 3.68. The Morgan fingerprint density at radius 3 is 2.05 bits per heavy atom. The fourth-order valence-corrected chi connectivity index (χ4v) is 1.32. The van der Waals surface area contributed by atoms with E-state index in [9.17, 15) is 13.2 Å². The van der Waals surface area contributed by atoms with Gasteiger partial charge in [0.15, 0.2) is 12.4 Å². The molecule has 0 saturated heterocycles. The Hall–Kier alpha value is 0.614. The van der Waals surface area contributed by atoms with E-state index in [2.05, 4.69) is 21.3 Å². The summed E-state index contributed by atoms with van der Waals surface area (Å²) < 4.78 is 61.9. The topological polar surface area (TPSA) is 86.6 Å². The van der Waals surface area contributed by atoms with Crippen LogP contribution in [0.25, 0.3) is 0 Å². The van der Waals surface area contributed by atoms with Crippen molar-refractivity contribution in [3.63, 3.8) is 0 Å². The second-order valence-corrected chi connectivity index (χ2v) is 3.68. The fraction of sp³-hybridized carbons (Fsp3) is 0.909. The Balaban J connectivity index is 0. The van der Waals surface area contributed by atoms with Crippen LogP contribution in [-0.4, -0.2) is 61.9 Å². The Bertz CT molecular complexity index is 258. The molecule has 0 aromatic rings. The zero-order valence-electron chi connectivity index (χ0n) is 12.1. The maximum Gasteiger partial charge on any atom is 0.414 e. The van der Waals surface area contributed by atoms with Crippen molar-refractivity contribution in [1.82, 2.24) is 0 Å². The minimum Gasteiger partial charge on any atom is -0.533 e. The summed E-state index contributed by atoms with van der Waals surface area (Å²) in [6.45, 7) is -0.0755. The van der Waals surface area contributed by atoms with E-state index in [1.165, 1.54) is 0 Å². The molecule has 3 atom stereocenters. The van der Waals surface area contributed by atoms with E-state index in [0.717, 1.165) is 0 Å². The van der Waals surface area contributed by atoms with E-state index < -0.39 is 44.9 Å². The zero-order valence-corrected chi connectivity index (χ0v) is 15.0. The average Bonchev–Trinajstić information content (AvgIpc) is 2.42.